The molecule has 0 amide bonds. The van der Waals surface area contributed by atoms with Gasteiger partial charge in [-0.05, 0) is 56.3 Å². The maximum absolute atomic E-state index is 11.9. The molecule has 5 nitrogen and oxygen atoms in total. The monoisotopic (exact) mass is 315 g/mol. The highest BCUT2D eigenvalue weighted by molar-refractivity contribution is 7.88. The van der Waals surface area contributed by atoms with Gasteiger partial charge >= 0.3 is 5.97 Å². The summed E-state index contributed by atoms with van der Waals surface area (Å²) in [5.74, 6) is 0.449. The van der Waals surface area contributed by atoms with Crippen LogP contribution in [0.3, 0.4) is 0 Å². The standard InChI is InChI=1S/C15H25NO4S/c1-21(19,20)16-6-2-3-12(10-16)9-15(14(17)18)8-11-4-5-13(15)7-11/h11-13H,2-10H2,1H3,(H,17,18). The molecule has 1 heterocycles. The number of hydrogen-bond acceptors (Lipinski definition) is 3. The summed E-state index contributed by atoms with van der Waals surface area (Å²) >= 11 is 0. The van der Waals surface area contributed by atoms with E-state index in [1.165, 1.54) is 17.0 Å². The van der Waals surface area contributed by atoms with Gasteiger partial charge in [0.15, 0.2) is 0 Å². The average Bonchev–Trinajstić information content (AvgIpc) is 2.99. The number of hydrogen-bond donors (Lipinski definition) is 1. The van der Waals surface area contributed by atoms with Gasteiger partial charge in [0, 0.05) is 13.1 Å². The fraction of sp³-hybridized carbons (Fsp3) is 0.933. The zero-order valence-corrected chi connectivity index (χ0v) is 13.4. The van der Waals surface area contributed by atoms with E-state index >= 15 is 0 Å². The van der Waals surface area contributed by atoms with E-state index in [1.54, 1.807) is 0 Å². The van der Waals surface area contributed by atoms with Crippen molar-refractivity contribution in [3.8, 4) is 0 Å². The van der Waals surface area contributed by atoms with Crippen molar-refractivity contribution in [3.63, 3.8) is 0 Å². The first-order valence-electron chi connectivity index (χ1n) is 8.00. The van der Waals surface area contributed by atoms with Gasteiger partial charge in [-0.3, -0.25) is 4.79 Å². The summed E-state index contributed by atoms with van der Waals surface area (Å²) in [5.41, 5.74) is -0.575. The zero-order chi connectivity index (χ0) is 15.3. The quantitative estimate of drug-likeness (QED) is 0.860. The lowest BCUT2D eigenvalue weighted by atomic mass is 9.67. The number of rotatable bonds is 4. The summed E-state index contributed by atoms with van der Waals surface area (Å²) in [4.78, 5) is 11.9. The molecule has 0 spiro atoms. The molecule has 0 aromatic rings. The number of nitrogens with zero attached hydrogens (tertiary/aromatic N) is 1. The lowest BCUT2D eigenvalue weighted by Gasteiger charge is -2.39. The predicted octanol–water partition coefficient (Wildman–Crippen LogP) is 1.94. The number of fused-ring (bicyclic) bond motifs is 2. The van der Waals surface area contributed by atoms with E-state index in [4.69, 9.17) is 0 Å². The molecular weight excluding hydrogens is 290 g/mol. The Labute approximate surface area is 126 Å². The summed E-state index contributed by atoms with van der Waals surface area (Å²) in [6.45, 7) is 1.09. The van der Waals surface area contributed by atoms with Gasteiger partial charge in [-0.2, -0.15) is 0 Å². The van der Waals surface area contributed by atoms with Crippen LogP contribution in [-0.2, 0) is 14.8 Å². The van der Waals surface area contributed by atoms with Crippen molar-refractivity contribution < 1.29 is 18.3 Å². The number of carboxylic acid groups (broad SMARTS) is 1. The van der Waals surface area contributed by atoms with E-state index in [0.29, 0.717) is 31.3 Å². The summed E-state index contributed by atoms with van der Waals surface area (Å²) < 4.78 is 25.0. The molecule has 21 heavy (non-hydrogen) atoms. The number of carboxylic acids is 1. The molecule has 1 saturated heterocycles. The minimum absolute atomic E-state index is 0.198. The second-order valence-corrected chi connectivity index (χ2v) is 9.36. The molecule has 3 fully saturated rings. The van der Waals surface area contributed by atoms with E-state index < -0.39 is 21.4 Å². The van der Waals surface area contributed by atoms with Gasteiger partial charge in [0.05, 0.1) is 11.7 Å². The first kappa shape index (κ1) is 15.3. The van der Waals surface area contributed by atoms with E-state index in [0.717, 1.165) is 32.1 Å². The zero-order valence-electron chi connectivity index (χ0n) is 12.6. The van der Waals surface area contributed by atoms with Crippen LogP contribution in [0.1, 0.15) is 44.9 Å². The SMILES string of the molecule is CS(=O)(=O)N1CCCC(CC2(C(=O)O)CC3CCC2C3)C1. The molecule has 0 aromatic heterocycles. The second-order valence-electron chi connectivity index (χ2n) is 7.37. The Morgan fingerprint density at radius 2 is 2.10 bits per heavy atom. The Morgan fingerprint density at radius 1 is 1.33 bits per heavy atom. The van der Waals surface area contributed by atoms with Gasteiger partial charge in [-0.1, -0.05) is 6.42 Å². The summed E-state index contributed by atoms with van der Waals surface area (Å²) in [7, 11) is -3.16. The average molecular weight is 315 g/mol. The van der Waals surface area contributed by atoms with Crippen molar-refractivity contribution in [3.05, 3.63) is 0 Å². The van der Waals surface area contributed by atoms with Gasteiger partial charge < -0.3 is 5.11 Å². The van der Waals surface area contributed by atoms with Crippen LogP contribution in [0.25, 0.3) is 0 Å². The van der Waals surface area contributed by atoms with Gasteiger partial charge in [0.1, 0.15) is 0 Å². The Kier molecular flexibility index (Phi) is 3.81. The van der Waals surface area contributed by atoms with E-state index in [1.807, 2.05) is 0 Å². The summed E-state index contributed by atoms with van der Waals surface area (Å²) in [6, 6.07) is 0. The van der Waals surface area contributed by atoms with Gasteiger partial charge in [-0.25, -0.2) is 12.7 Å². The first-order chi connectivity index (χ1) is 9.81. The van der Waals surface area contributed by atoms with Crippen molar-refractivity contribution in [1.82, 2.24) is 4.31 Å². The normalized spacial score (nSPS) is 40.5. The fourth-order valence-corrected chi connectivity index (χ4v) is 6.00. The minimum atomic E-state index is -3.16. The molecule has 120 valence electrons. The van der Waals surface area contributed by atoms with Crippen LogP contribution < -0.4 is 0 Å². The minimum Gasteiger partial charge on any atom is -0.481 e. The second kappa shape index (κ2) is 5.23. The van der Waals surface area contributed by atoms with E-state index in [9.17, 15) is 18.3 Å². The van der Waals surface area contributed by atoms with Gasteiger partial charge in [-0.15, -0.1) is 0 Å². The molecule has 4 atom stereocenters. The van der Waals surface area contributed by atoms with Crippen molar-refractivity contribution in [2.75, 3.05) is 19.3 Å². The van der Waals surface area contributed by atoms with Gasteiger partial charge in [0.25, 0.3) is 0 Å². The highest BCUT2D eigenvalue weighted by Gasteiger charge is 2.56. The maximum atomic E-state index is 11.9. The Morgan fingerprint density at radius 3 is 2.62 bits per heavy atom. The van der Waals surface area contributed by atoms with Crippen molar-refractivity contribution in [2.45, 2.75) is 44.9 Å². The third-order valence-electron chi connectivity index (χ3n) is 6.01. The number of piperidine rings is 1. The molecule has 3 rings (SSSR count). The predicted molar refractivity (Wildman–Crippen MR) is 79.3 cm³/mol. The van der Waals surface area contributed by atoms with E-state index in [2.05, 4.69) is 0 Å². The van der Waals surface area contributed by atoms with Crippen LogP contribution in [0, 0.1) is 23.2 Å². The first-order valence-corrected chi connectivity index (χ1v) is 9.84. The fourth-order valence-electron chi connectivity index (χ4n) is 5.05. The molecule has 2 saturated carbocycles. The molecule has 6 heteroatoms. The Hall–Kier alpha value is -0.620. The van der Waals surface area contributed by atoms with Crippen molar-refractivity contribution >= 4 is 16.0 Å². The molecule has 4 unspecified atom stereocenters. The number of aliphatic carboxylic acids is 1. The highest BCUT2D eigenvalue weighted by Crippen LogP contribution is 2.59. The van der Waals surface area contributed by atoms with E-state index in [-0.39, 0.29) is 5.92 Å². The van der Waals surface area contributed by atoms with Crippen LogP contribution >= 0.6 is 0 Å². The lowest BCUT2D eigenvalue weighted by molar-refractivity contribution is -0.154. The molecule has 0 radical (unpaired) electrons. The molecule has 1 aliphatic heterocycles. The molecule has 2 aliphatic carbocycles. The van der Waals surface area contributed by atoms with Crippen LogP contribution in [0.2, 0.25) is 0 Å². The number of carbonyl (C=O) groups is 1. The van der Waals surface area contributed by atoms with Crippen LogP contribution in [0.15, 0.2) is 0 Å². The number of sulfonamides is 1. The topological polar surface area (TPSA) is 74.7 Å². The summed E-state index contributed by atoms with van der Waals surface area (Å²) in [6.07, 6.45) is 7.81. The van der Waals surface area contributed by atoms with Crippen LogP contribution in [0.5, 0.6) is 0 Å². The van der Waals surface area contributed by atoms with Crippen LogP contribution in [0.4, 0.5) is 0 Å². The van der Waals surface area contributed by atoms with Gasteiger partial charge in [0.2, 0.25) is 10.0 Å². The molecule has 0 aromatic carbocycles. The van der Waals surface area contributed by atoms with Crippen LogP contribution in [-0.4, -0.2) is 43.1 Å². The van der Waals surface area contributed by atoms with Crippen molar-refractivity contribution in [1.29, 1.82) is 0 Å². The highest BCUT2D eigenvalue weighted by atomic mass is 32.2. The third-order valence-corrected chi connectivity index (χ3v) is 7.27. The van der Waals surface area contributed by atoms with Crippen molar-refractivity contribution in [2.24, 2.45) is 23.2 Å². The molecule has 2 bridgehead atoms. The third kappa shape index (κ3) is 2.72. The molecule has 1 N–H and O–H groups in total. The molecule has 3 aliphatic rings. The Bertz CT molecular complexity index is 532. The largest absolute Gasteiger partial charge is 0.481 e. The lowest BCUT2D eigenvalue weighted by Crippen LogP contribution is -2.44. The smallest absolute Gasteiger partial charge is 0.309 e. The summed E-state index contributed by atoms with van der Waals surface area (Å²) in [5, 5.41) is 9.81. The molecular formula is C15H25NO4S. The Balaban J connectivity index is 1.74. The maximum Gasteiger partial charge on any atom is 0.309 e.